The van der Waals surface area contributed by atoms with Crippen LogP contribution < -0.4 is 5.73 Å². The Labute approximate surface area is 113 Å². The van der Waals surface area contributed by atoms with Crippen LogP contribution in [0.3, 0.4) is 0 Å². The second kappa shape index (κ2) is 4.72. The second-order valence-corrected chi connectivity index (χ2v) is 5.37. The summed E-state index contributed by atoms with van der Waals surface area (Å²) in [6.07, 6.45) is 8.42. The number of anilines is 1. The average molecular weight is 259 g/mol. The van der Waals surface area contributed by atoms with Gasteiger partial charge in [-0.2, -0.15) is 0 Å². The Kier molecular flexibility index (Phi) is 3.05. The van der Waals surface area contributed by atoms with Crippen molar-refractivity contribution in [3.8, 4) is 11.4 Å². The molecule has 2 heterocycles. The molecule has 5 nitrogen and oxygen atoms in total. The molecule has 3 rings (SSSR count). The third kappa shape index (κ3) is 2.13. The van der Waals surface area contributed by atoms with Crippen molar-refractivity contribution in [2.24, 2.45) is 7.05 Å². The van der Waals surface area contributed by atoms with Crippen molar-refractivity contribution in [1.29, 1.82) is 0 Å². The minimum atomic E-state index is 0.612. The molecule has 0 atom stereocenters. The van der Waals surface area contributed by atoms with Crippen LogP contribution in [-0.4, -0.2) is 19.1 Å². The van der Waals surface area contributed by atoms with Gasteiger partial charge in [-0.1, -0.05) is 13.3 Å². The number of aromatic nitrogens is 4. The van der Waals surface area contributed by atoms with E-state index in [1.54, 1.807) is 6.33 Å². The lowest BCUT2D eigenvalue weighted by atomic mass is 10.3. The van der Waals surface area contributed by atoms with Crippen LogP contribution >= 0.6 is 0 Å². The van der Waals surface area contributed by atoms with E-state index in [0.29, 0.717) is 5.92 Å². The maximum atomic E-state index is 6.33. The van der Waals surface area contributed by atoms with Gasteiger partial charge in [0.1, 0.15) is 17.3 Å². The lowest BCUT2D eigenvalue weighted by Crippen LogP contribution is -2.07. The van der Waals surface area contributed by atoms with Gasteiger partial charge in [-0.3, -0.25) is 0 Å². The van der Waals surface area contributed by atoms with Gasteiger partial charge in [0.2, 0.25) is 0 Å². The van der Waals surface area contributed by atoms with Crippen LogP contribution in [0.5, 0.6) is 0 Å². The molecule has 1 fully saturated rings. The molecule has 1 saturated carbocycles. The molecule has 2 N–H and O–H groups in total. The first-order valence-electron chi connectivity index (χ1n) is 7.05. The molecule has 2 aromatic heterocycles. The molecule has 0 unspecified atom stereocenters. The molecule has 0 bridgehead atoms. The fourth-order valence-electron chi connectivity index (χ4n) is 2.46. The van der Waals surface area contributed by atoms with Crippen LogP contribution in [0.2, 0.25) is 0 Å². The fourth-order valence-corrected chi connectivity index (χ4v) is 2.46. The summed E-state index contributed by atoms with van der Waals surface area (Å²) in [4.78, 5) is 8.96. The Bertz CT molecular complexity index is 577. The highest BCUT2D eigenvalue weighted by atomic mass is 15.2. The lowest BCUT2D eigenvalue weighted by Gasteiger charge is -2.08. The third-order valence-electron chi connectivity index (χ3n) is 3.77. The van der Waals surface area contributed by atoms with E-state index >= 15 is 0 Å². The summed E-state index contributed by atoms with van der Waals surface area (Å²) < 4.78 is 4.18. The predicted molar refractivity (Wildman–Crippen MR) is 75.7 cm³/mol. The van der Waals surface area contributed by atoms with Gasteiger partial charge in [-0.15, -0.1) is 0 Å². The monoisotopic (exact) mass is 259 g/mol. The minimum absolute atomic E-state index is 0.612. The van der Waals surface area contributed by atoms with E-state index in [4.69, 9.17) is 10.7 Å². The van der Waals surface area contributed by atoms with E-state index < -0.39 is 0 Å². The van der Waals surface area contributed by atoms with Crippen molar-refractivity contribution in [3.05, 3.63) is 18.3 Å². The number of aryl methyl sites for hydroxylation is 1. The van der Waals surface area contributed by atoms with E-state index in [2.05, 4.69) is 16.5 Å². The molecule has 5 heteroatoms. The van der Waals surface area contributed by atoms with Crippen molar-refractivity contribution < 1.29 is 0 Å². The standard InChI is InChI=1S/C14H21N5/c1-3-4-7-19-13(15)12(11-8-16-9-18(11)2)17-14(19)10-5-6-10/h8-10H,3-7,15H2,1-2H3. The van der Waals surface area contributed by atoms with E-state index in [1.165, 1.54) is 25.1 Å². The Hall–Kier alpha value is -1.78. The molecule has 1 aliphatic rings. The predicted octanol–water partition coefficient (Wildman–Crippen LogP) is 2.54. The normalized spacial score (nSPS) is 15.1. The van der Waals surface area contributed by atoms with Crippen LogP contribution in [0.25, 0.3) is 11.4 Å². The zero-order chi connectivity index (χ0) is 13.4. The maximum absolute atomic E-state index is 6.33. The molecule has 0 amide bonds. The van der Waals surface area contributed by atoms with Crippen LogP contribution in [0, 0.1) is 0 Å². The van der Waals surface area contributed by atoms with Crippen LogP contribution in [0.1, 0.15) is 44.3 Å². The Morgan fingerprint density at radius 1 is 1.42 bits per heavy atom. The summed E-state index contributed by atoms with van der Waals surface area (Å²) in [6, 6.07) is 0. The maximum Gasteiger partial charge on any atom is 0.133 e. The molecular weight excluding hydrogens is 238 g/mol. The quantitative estimate of drug-likeness (QED) is 0.897. The highest BCUT2D eigenvalue weighted by Crippen LogP contribution is 2.42. The van der Waals surface area contributed by atoms with Crippen molar-refractivity contribution in [3.63, 3.8) is 0 Å². The van der Waals surface area contributed by atoms with Crippen LogP contribution in [-0.2, 0) is 13.6 Å². The molecule has 1 aliphatic carbocycles. The Morgan fingerprint density at radius 3 is 2.79 bits per heavy atom. The number of imidazole rings is 2. The summed E-state index contributed by atoms with van der Waals surface area (Å²) in [5, 5.41) is 0. The first kappa shape index (κ1) is 12.3. The molecule has 0 aliphatic heterocycles. The zero-order valence-corrected chi connectivity index (χ0v) is 11.6. The first-order valence-corrected chi connectivity index (χ1v) is 7.05. The minimum Gasteiger partial charge on any atom is -0.383 e. The van der Waals surface area contributed by atoms with Gasteiger partial charge in [-0.25, -0.2) is 9.97 Å². The zero-order valence-electron chi connectivity index (χ0n) is 11.6. The molecule has 0 radical (unpaired) electrons. The number of rotatable bonds is 5. The van der Waals surface area contributed by atoms with Crippen LogP contribution in [0.4, 0.5) is 5.82 Å². The third-order valence-corrected chi connectivity index (χ3v) is 3.77. The molecule has 102 valence electrons. The summed E-state index contributed by atoms with van der Waals surface area (Å²) in [5.74, 6) is 2.57. The molecule has 0 saturated heterocycles. The van der Waals surface area contributed by atoms with Gasteiger partial charge in [0, 0.05) is 19.5 Å². The van der Waals surface area contributed by atoms with Gasteiger partial charge >= 0.3 is 0 Å². The van der Waals surface area contributed by atoms with Crippen molar-refractivity contribution in [2.75, 3.05) is 5.73 Å². The number of hydrogen-bond donors (Lipinski definition) is 1. The van der Waals surface area contributed by atoms with Crippen molar-refractivity contribution >= 4 is 5.82 Å². The summed E-state index contributed by atoms with van der Waals surface area (Å²) in [6.45, 7) is 3.17. The topological polar surface area (TPSA) is 61.7 Å². The second-order valence-electron chi connectivity index (χ2n) is 5.37. The summed E-state index contributed by atoms with van der Waals surface area (Å²) in [7, 11) is 1.98. The van der Waals surface area contributed by atoms with Gasteiger partial charge in [-0.05, 0) is 19.3 Å². The largest absolute Gasteiger partial charge is 0.383 e. The number of unbranched alkanes of at least 4 members (excludes halogenated alkanes) is 1. The van der Waals surface area contributed by atoms with E-state index in [1.807, 2.05) is 17.8 Å². The molecule has 0 aromatic carbocycles. The number of hydrogen-bond acceptors (Lipinski definition) is 3. The van der Waals surface area contributed by atoms with E-state index in [9.17, 15) is 0 Å². The van der Waals surface area contributed by atoms with Gasteiger partial charge in [0.15, 0.2) is 0 Å². The highest BCUT2D eigenvalue weighted by molar-refractivity contribution is 5.68. The summed E-state index contributed by atoms with van der Waals surface area (Å²) in [5.41, 5.74) is 8.21. The smallest absolute Gasteiger partial charge is 0.133 e. The number of nitrogens with two attached hydrogens (primary N) is 1. The lowest BCUT2D eigenvalue weighted by molar-refractivity contribution is 0.609. The first-order chi connectivity index (χ1) is 9.22. The van der Waals surface area contributed by atoms with Crippen molar-refractivity contribution in [2.45, 2.75) is 45.1 Å². The van der Waals surface area contributed by atoms with Crippen molar-refractivity contribution in [1.82, 2.24) is 19.1 Å². The van der Waals surface area contributed by atoms with Gasteiger partial charge in [0.05, 0.1) is 18.2 Å². The average Bonchev–Trinajstić information content (AvgIpc) is 3.08. The number of nitrogen functional groups attached to an aromatic ring is 1. The Morgan fingerprint density at radius 2 is 2.21 bits per heavy atom. The van der Waals surface area contributed by atoms with E-state index in [0.717, 1.165) is 30.2 Å². The molecule has 2 aromatic rings. The number of nitrogens with zero attached hydrogens (tertiary/aromatic N) is 4. The van der Waals surface area contributed by atoms with Gasteiger partial charge in [0.25, 0.3) is 0 Å². The van der Waals surface area contributed by atoms with Crippen LogP contribution in [0.15, 0.2) is 12.5 Å². The highest BCUT2D eigenvalue weighted by Gasteiger charge is 2.31. The SMILES string of the molecule is CCCCn1c(C2CC2)nc(-c2cncn2C)c1N. The molecule has 19 heavy (non-hydrogen) atoms. The van der Waals surface area contributed by atoms with Gasteiger partial charge < -0.3 is 14.9 Å². The van der Waals surface area contributed by atoms with E-state index in [-0.39, 0.29) is 0 Å². The molecule has 0 spiro atoms. The Balaban J connectivity index is 2.03. The summed E-state index contributed by atoms with van der Waals surface area (Å²) >= 11 is 0. The fraction of sp³-hybridized carbons (Fsp3) is 0.571. The molecular formula is C14H21N5.